The van der Waals surface area contributed by atoms with Crippen LogP contribution in [0.15, 0.2) is 36.4 Å². The highest BCUT2D eigenvalue weighted by Crippen LogP contribution is 2.44. The summed E-state index contributed by atoms with van der Waals surface area (Å²) in [5.74, 6) is 0.460. The fourth-order valence-electron chi connectivity index (χ4n) is 4.12. The molecule has 4 rings (SSSR count). The van der Waals surface area contributed by atoms with E-state index in [1.807, 2.05) is 32.9 Å². The van der Waals surface area contributed by atoms with Gasteiger partial charge >= 0.3 is 6.18 Å². The van der Waals surface area contributed by atoms with Gasteiger partial charge in [0.25, 0.3) is 0 Å². The van der Waals surface area contributed by atoms with Crippen LogP contribution in [-0.2, 0) is 16.4 Å². The number of anilines is 2. The molecule has 31 heavy (non-hydrogen) atoms. The molecule has 1 aromatic heterocycles. The van der Waals surface area contributed by atoms with Crippen LogP contribution in [0, 0.1) is 6.92 Å². The van der Waals surface area contributed by atoms with Gasteiger partial charge in [0.1, 0.15) is 0 Å². The van der Waals surface area contributed by atoms with Crippen LogP contribution in [0.25, 0.3) is 10.8 Å². The second-order valence-electron chi connectivity index (χ2n) is 8.53. The molecule has 3 aromatic rings. The largest absolute Gasteiger partial charge is 0.416 e. The molecule has 1 amide bonds. The molecule has 1 N–H and O–H groups in total. The molecule has 2 aromatic carbocycles. The van der Waals surface area contributed by atoms with E-state index in [2.05, 4.69) is 15.5 Å². The first kappa shape index (κ1) is 21.1. The third-order valence-electron chi connectivity index (χ3n) is 6.02. The van der Waals surface area contributed by atoms with Gasteiger partial charge in [-0.05, 0) is 63.1 Å². The number of rotatable bonds is 3. The van der Waals surface area contributed by atoms with Gasteiger partial charge in [0.05, 0.1) is 22.7 Å². The van der Waals surface area contributed by atoms with Gasteiger partial charge in [-0.2, -0.15) is 18.3 Å². The zero-order valence-corrected chi connectivity index (χ0v) is 17.9. The predicted octanol–water partition coefficient (Wildman–Crippen LogP) is 5.38. The van der Waals surface area contributed by atoms with E-state index in [-0.39, 0.29) is 5.91 Å². The van der Waals surface area contributed by atoms with Crippen molar-refractivity contribution in [3.8, 4) is 0 Å². The van der Waals surface area contributed by atoms with Crippen molar-refractivity contribution in [1.82, 2.24) is 10.2 Å². The molecule has 1 aliphatic rings. The van der Waals surface area contributed by atoms with E-state index < -0.39 is 23.2 Å². The number of amides is 1. The molecule has 0 spiro atoms. The van der Waals surface area contributed by atoms with E-state index in [0.29, 0.717) is 17.1 Å². The molecule has 0 unspecified atom stereocenters. The average Bonchev–Trinajstić information content (AvgIpc) is 2.88. The second kappa shape index (κ2) is 6.93. The Kier molecular flexibility index (Phi) is 4.72. The summed E-state index contributed by atoms with van der Waals surface area (Å²) in [6.45, 7) is 7.40. The minimum Gasteiger partial charge on any atom is -0.362 e. The lowest BCUT2D eigenvalue weighted by Gasteiger charge is -2.19. The maximum Gasteiger partial charge on any atom is 0.416 e. The minimum atomic E-state index is -4.41. The Bertz CT molecular complexity index is 1200. The molecule has 5 nitrogen and oxygen atoms in total. The Labute approximate surface area is 178 Å². The molecule has 0 radical (unpaired) electrons. The fourth-order valence-corrected chi connectivity index (χ4v) is 4.12. The molecule has 1 aliphatic heterocycles. The second-order valence-corrected chi connectivity index (χ2v) is 8.53. The number of nitrogens with zero attached hydrogens (tertiary/aromatic N) is 3. The van der Waals surface area contributed by atoms with Crippen molar-refractivity contribution in [3.05, 3.63) is 58.8 Å². The van der Waals surface area contributed by atoms with Crippen LogP contribution in [0.2, 0.25) is 0 Å². The summed E-state index contributed by atoms with van der Waals surface area (Å²) in [6, 6.07) is 8.65. The minimum absolute atomic E-state index is 0.00298. The summed E-state index contributed by atoms with van der Waals surface area (Å²) in [5.41, 5.74) is 1.57. The summed E-state index contributed by atoms with van der Waals surface area (Å²) in [6.07, 6.45) is -4.41. The first-order valence-corrected chi connectivity index (χ1v) is 9.94. The number of nitrogens with one attached hydrogen (secondary N) is 1. The smallest absolute Gasteiger partial charge is 0.362 e. The third kappa shape index (κ3) is 3.40. The first-order valence-electron chi connectivity index (χ1n) is 9.94. The van der Waals surface area contributed by atoms with Gasteiger partial charge in [-0.3, -0.25) is 4.79 Å². The van der Waals surface area contributed by atoms with Gasteiger partial charge in [-0.1, -0.05) is 12.1 Å². The number of halogens is 3. The summed E-state index contributed by atoms with van der Waals surface area (Å²) in [5, 5.41) is 13.3. The van der Waals surface area contributed by atoms with Gasteiger partial charge in [-0.25, -0.2) is 0 Å². The average molecular weight is 428 g/mol. The van der Waals surface area contributed by atoms with Crippen molar-refractivity contribution < 1.29 is 18.0 Å². The Balaban J connectivity index is 1.78. The number of fused-ring (bicyclic) bond motifs is 2. The van der Waals surface area contributed by atoms with Gasteiger partial charge in [-0.15, -0.1) is 5.10 Å². The Morgan fingerprint density at radius 1 is 1.10 bits per heavy atom. The van der Waals surface area contributed by atoms with Crippen molar-refractivity contribution in [3.63, 3.8) is 0 Å². The number of likely N-dealkylation sites (N-methyl/N-ethyl adjacent to an activating group) is 1. The molecular weight excluding hydrogens is 405 g/mol. The van der Waals surface area contributed by atoms with E-state index in [0.717, 1.165) is 34.2 Å². The van der Waals surface area contributed by atoms with Gasteiger partial charge in [0.2, 0.25) is 5.91 Å². The number of benzene rings is 2. The van der Waals surface area contributed by atoms with E-state index >= 15 is 0 Å². The topological polar surface area (TPSA) is 58.1 Å². The van der Waals surface area contributed by atoms with Gasteiger partial charge in [0.15, 0.2) is 5.82 Å². The number of aromatic nitrogens is 2. The van der Waals surface area contributed by atoms with Crippen molar-refractivity contribution >= 4 is 28.2 Å². The lowest BCUT2D eigenvalue weighted by molar-refractivity contribution is -0.137. The van der Waals surface area contributed by atoms with E-state index in [1.165, 1.54) is 6.07 Å². The van der Waals surface area contributed by atoms with E-state index in [1.54, 1.807) is 24.9 Å². The van der Waals surface area contributed by atoms with Crippen molar-refractivity contribution in [2.24, 2.45) is 0 Å². The van der Waals surface area contributed by atoms with Crippen LogP contribution in [0.5, 0.6) is 0 Å². The number of carbonyl (C=O) groups is 1. The SMILES string of the molecule is Cc1nnc(N[C@H](C)c2cccc(C(F)(F)F)c2)c2cc3c(cc12)C(C)(C)C(=O)N3C. The lowest BCUT2D eigenvalue weighted by atomic mass is 9.85. The molecular formula is C23H23F3N4O. The van der Waals surface area contributed by atoms with Crippen LogP contribution in [0.3, 0.4) is 0 Å². The van der Waals surface area contributed by atoms with Crippen LogP contribution in [0.4, 0.5) is 24.7 Å². The van der Waals surface area contributed by atoms with Crippen LogP contribution >= 0.6 is 0 Å². The van der Waals surface area contributed by atoms with Crippen LogP contribution in [-0.4, -0.2) is 23.2 Å². The number of hydrogen-bond donors (Lipinski definition) is 1. The van der Waals surface area contributed by atoms with E-state index in [9.17, 15) is 18.0 Å². The van der Waals surface area contributed by atoms with Crippen LogP contribution in [0.1, 0.15) is 49.2 Å². The lowest BCUT2D eigenvalue weighted by Crippen LogP contribution is -2.33. The zero-order chi connectivity index (χ0) is 22.7. The molecule has 8 heteroatoms. The quantitative estimate of drug-likeness (QED) is 0.608. The normalized spacial score (nSPS) is 16.5. The van der Waals surface area contributed by atoms with E-state index in [4.69, 9.17) is 0 Å². The third-order valence-corrected chi connectivity index (χ3v) is 6.02. The van der Waals surface area contributed by atoms with Gasteiger partial charge in [0, 0.05) is 23.5 Å². The standard InChI is InChI=1S/C23H23F3N4O/c1-12(14-7-6-8-15(9-14)23(24,25)26)27-20-17-11-19-18(10-16(17)13(2)28-29-20)22(3,4)21(31)30(19)5/h6-12H,1-5H3,(H,27,29)/t12-/m1/s1. The number of hydrogen-bond acceptors (Lipinski definition) is 4. The first-order chi connectivity index (χ1) is 14.4. The highest BCUT2D eigenvalue weighted by atomic mass is 19.4. The fraction of sp³-hybridized carbons (Fsp3) is 0.348. The highest BCUT2D eigenvalue weighted by molar-refractivity contribution is 6.10. The Morgan fingerprint density at radius 2 is 1.81 bits per heavy atom. The molecule has 1 atom stereocenters. The van der Waals surface area contributed by atoms with Crippen LogP contribution < -0.4 is 10.2 Å². The molecule has 162 valence electrons. The maximum absolute atomic E-state index is 13.1. The molecule has 2 heterocycles. The molecule has 0 saturated carbocycles. The maximum atomic E-state index is 13.1. The Morgan fingerprint density at radius 3 is 2.48 bits per heavy atom. The number of carbonyl (C=O) groups excluding carboxylic acids is 1. The highest BCUT2D eigenvalue weighted by Gasteiger charge is 2.42. The number of alkyl halides is 3. The van der Waals surface area contributed by atoms with Crippen molar-refractivity contribution in [2.75, 3.05) is 17.3 Å². The molecule has 0 bridgehead atoms. The monoisotopic (exact) mass is 428 g/mol. The van der Waals surface area contributed by atoms with Crippen molar-refractivity contribution in [1.29, 1.82) is 0 Å². The molecule has 0 aliphatic carbocycles. The molecule has 0 saturated heterocycles. The predicted molar refractivity (Wildman–Crippen MR) is 114 cm³/mol. The summed E-state index contributed by atoms with van der Waals surface area (Å²) in [4.78, 5) is 14.3. The summed E-state index contributed by atoms with van der Waals surface area (Å²) in [7, 11) is 1.74. The van der Waals surface area contributed by atoms with Gasteiger partial charge < -0.3 is 10.2 Å². The zero-order valence-electron chi connectivity index (χ0n) is 17.9. The van der Waals surface area contributed by atoms with Crippen molar-refractivity contribution in [2.45, 2.75) is 45.3 Å². The number of aryl methyl sites for hydroxylation is 1. The summed E-state index contributed by atoms with van der Waals surface area (Å²) < 4.78 is 39.3. The Hall–Kier alpha value is -3.16. The molecule has 0 fully saturated rings. The summed E-state index contributed by atoms with van der Waals surface area (Å²) >= 11 is 0.